The number of carbonyl (C=O) groups is 3. The molecule has 2 saturated carbocycles. The van der Waals surface area contributed by atoms with Crippen molar-refractivity contribution in [3.63, 3.8) is 0 Å². The van der Waals surface area contributed by atoms with Crippen LogP contribution in [0.3, 0.4) is 0 Å². The Morgan fingerprint density at radius 2 is 1.72 bits per heavy atom. The van der Waals surface area contributed by atoms with Crippen molar-refractivity contribution in [3.05, 3.63) is 64.4 Å². The number of amides is 3. The van der Waals surface area contributed by atoms with E-state index in [1.165, 1.54) is 16.2 Å². The van der Waals surface area contributed by atoms with E-state index in [9.17, 15) is 40.4 Å². The maximum absolute atomic E-state index is 14.8. The van der Waals surface area contributed by atoms with Crippen molar-refractivity contribution in [3.8, 4) is 22.2 Å². The Labute approximate surface area is 355 Å². The molecule has 328 valence electrons. The van der Waals surface area contributed by atoms with Gasteiger partial charge in [0.2, 0.25) is 21.8 Å². The van der Waals surface area contributed by atoms with Crippen LogP contribution in [0.4, 0.5) is 23.2 Å². The number of halogens is 4. The molecule has 0 radical (unpaired) electrons. The fraction of sp³-hybridized carbons (Fsp3) is 0.500. The lowest BCUT2D eigenvalue weighted by molar-refractivity contribution is -0.141. The summed E-state index contributed by atoms with van der Waals surface area (Å²) in [6, 6.07) is 4.62. The van der Waals surface area contributed by atoms with Gasteiger partial charge in [-0.15, -0.1) is 11.3 Å². The molecule has 3 heterocycles. The number of benzene rings is 2. The van der Waals surface area contributed by atoms with Gasteiger partial charge in [0.15, 0.2) is 0 Å². The second-order valence-electron chi connectivity index (χ2n) is 17.4. The van der Waals surface area contributed by atoms with Gasteiger partial charge in [-0.25, -0.2) is 22.8 Å². The van der Waals surface area contributed by atoms with Crippen LogP contribution in [0.2, 0.25) is 0 Å². The number of thiazole rings is 1. The first kappa shape index (κ1) is 44.0. The second-order valence-corrected chi connectivity index (χ2v) is 20.2. The lowest BCUT2D eigenvalue weighted by atomic mass is 9.85. The third-order valence-electron chi connectivity index (χ3n) is 11.2. The quantitative estimate of drug-likeness (QED) is 0.118. The van der Waals surface area contributed by atoms with Gasteiger partial charge in [-0.3, -0.25) is 19.1 Å². The lowest BCUT2D eigenvalue weighted by Crippen LogP contribution is -2.58. The number of ether oxygens (including phenoxy) is 2. The van der Waals surface area contributed by atoms with E-state index in [2.05, 4.69) is 15.4 Å². The number of hydrogen-bond acceptors (Lipinski definition) is 11. The summed E-state index contributed by atoms with van der Waals surface area (Å²) in [6.45, 7) is 10.7. The SMILES string of the molecule is COc1ccc2c(O[C@@H]3C[C@@H](C(=O)NC4(C(=O)NS(=O)(=O)C5CC5)CC4)N(C(=O)[C@@H](Nc4cc(F)cc(C(F)(F)F)c4)C(C)(C)C)C3)cc(-c3nc(C(C)C)cs3)nc2c1C. The van der Waals surface area contributed by atoms with Gasteiger partial charge in [-0.1, -0.05) is 34.6 Å². The monoisotopic (exact) mass is 888 g/mol. The fourth-order valence-corrected chi connectivity index (χ4v) is 9.71. The number of nitrogens with zero attached hydrogens (tertiary/aromatic N) is 3. The van der Waals surface area contributed by atoms with Crippen molar-refractivity contribution in [2.75, 3.05) is 19.0 Å². The lowest BCUT2D eigenvalue weighted by Gasteiger charge is -2.36. The summed E-state index contributed by atoms with van der Waals surface area (Å²) in [7, 11) is -2.39. The van der Waals surface area contributed by atoms with Crippen LogP contribution in [-0.4, -0.2) is 83.6 Å². The molecular formula is C42H48F4N6O7S2. The molecule has 61 heavy (non-hydrogen) atoms. The number of carbonyl (C=O) groups excluding carboxylic acids is 3. The molecule has 0 unspecified atom stereocenters. The molecule has 2 aromatic carbocycles. The molecule has 2 aliphatic carbocycles. The molecule has 3 fully saturated rings. The van der Waals surface area contributed by atoms with Crippen molar-refractivity contribution >= 4 is 55.7 Å². The summed E-state index contributed by atoms with van der Waals surface area (Å²) in [4.78, 5) is 53.5. The van der Waals surface area contributed by atoms with E-state index in [1.54, 1.807) is 46.1 Å². The molecule has 3 aliphatic rings. The molecule has 3 N–H and O–H groups in total. The zero-order valence-electron chi connectivity index (χ0n) is 34.7. The minimum Gasteiger partial charge on any atom is -0.496 e. The number of aromatic nitrogens is 2. The molecule has 0 bridgehead atoms. The first-order valence-electron chi connectivity index (χ1n) is 19.9. The highest BCUT2D eigenvalue weighted by Crippen LogP contribution is 2.41. The minimum absolute atomic E-state index is 0.0896. The van der Waals surface area contributed by atoms with Gasteiger partial charge in [0.05, 0.1) is 35.7 Å². The minimum atomic E-state index is -4.87. The maximum atomic E-state index is 14.8. The van der Waals surface area contributed by atoms with Crippen molar-refractivity contribution in [1.82, 2.24) is 24.9 Å². The van der Waals surface area contributed by atoms with Crippen LogP contribution in [0, 0.1) is 18.2 Å². The fourth-order valence-electron chi connectivity index (χ4n) is 7.39. The van der Waals surface area contributed by atoms with Gasteiger partial charge >= 0.3 is 6.18 Å². The van der Waals surface area contributed by atoms with E-state index >= 15 is 0 Å². The number of pyridine rings is 1. The van der Waals surface area contributed by atoms with Crippen LogP contribution < -0.4 is 24.8 Å². The average molecular weight is 889 g/mol. The molecule has 0 spiro atoms. The molecule has 3 atom stereocenters. The summed E-state index contributed by atoms with van der Waals surface area (Å²) >= 11 is 1.42. The van der Waals surface area contributed by atoms with Crippen molar-refractivity contribution in [1.29, 1.82) is 0 Å². The number of anilines is 1. The average Bonchev–Trinajstić information content (AvgIpc) is 4.09. The Kier molecular flexibility index (Phi) is 11.6. The summed E-state index contributed by atoms with van der Waals surface area (Å²) in [6.07, 6.45) is -4.67. The van der Waals surface area contributed by atoms with E-state index in [0.717, 1.165) is 17.3 Å². The molecule has 2 aromatic heterocycles. The first-order valence-corrected chi connectivity index (χ1v) is 22.4. The van der Waals surface area contributed by atoms with Crippen LogP contribution in [0.25, 0.3) is 21.6 Å². The Bertz CT molecular complexity index is 2500. The number of rotatable bonds is 13. The number of methoxy groups -OCH3 is 1. The predicted octanol–water partition coefficient (Wildman–Crippen LogP) is 7.09. The number of hydrogen-bond donors (Lipinski definition) is 3. The number of aryl methyl sites for hydroxylation is 1. The molecule has 19 heteroatoms. The normalized spacial score (nSPS) is 19.4. The summed E-state index contributed by atoms with van der Waals surface area (Å²) in [5.74, 6) is -2.37. The number of likely N-dealkylation sites (tertiary alicyclic amines) is 1. The molecule has 3 amide bonds. The second kappa shape index (κ2) is 16.0. The van der Waals surface area contributed by atoms with E-state index in [1.807, 2.05) is 26.2 Å². The highest BCUT2D eigenvalue weighted by atomic mass is 32.2. The van der Waals surface area contributed by atoms with Crippen LogP contribution in [0.15, 0.2) is 41.8 Å². The summed E-state index contributed by atoms with van der Waals surface area (Å²) in [5, 5.41) is 8.05. The van der Waals surface area contributed by atoms with E-state index in [-0.39, 0.29) is 37.4 Å². The Morgan fingerprint density at radius 3 is 2.31 bits per heavy atom. The van der Waals surface area contributed by atoms with E-state index < -0.39 is 79.7 Å². The first-order chi connectivity index (χ1) is 28.5. The third kappa shape index (κ3) is 9.27. The van der Waals surface area contributed by atoms with Gasteiger partial charge in [0, 0.05) is 34.5 Å². The highest BCUT2D eigenvalue weighted by Gasteiger charge is 2.55. The Balaban J connectivity index is 1.24. The highest BCUT2D eigenvalue weighted by molar-refractivity contribution is 7.91. The standard InChI is InChI=1S/C42H48F4N6O7S2/c1-21(2)30-20-60-37(49-30)29-18-33(28-10-11-32(58-7)22(3)34(28)48-29)59-26-17-31(36(53)50-41(12-13-41)39(55)51-61(56,57)27-8-9-27)52(19-26)38(54)35(40(4,5)6)47-25-15-23(42(44,45)46)14-24(43)16-25/h10-11,14-16,18,20-21,26-27,31,35,47H,8-9,12-13,17,19H2,1-7H3,(H,50,53)(H,51,55)/t26-,31+,35-/m1/s1. The van der Waals surface area contributed by atoms with Gasteiger partial charge in [-0.2, -0.15) is 13.2 Å². The predicted molar refractivity (Wildman–Crippen MR) is 221 cm³/mol. The van der Waals surface area contributed by atoms with Crippen molar-refractivity contribution < 1.29 is 49.8 Å². The number of sulfonamides is 1. The van der Waals surface area contributed by atoms with Crippen LogP contribution >= 0.6 is 11.3 Å². The molecule has 1 saturated heterocycles. The van der Waals surface area contributed by atoms with Gasteiger partial charge < -0.3 is 25.0 Å². The van der Waals surface area contributed by atoms with Gasteiger partial charge in [0.25, 0.3) is 5.91 Å². The number of nitrogens with one attached hydrogen (secondary N) is 3. The van der Waals surface area contributed by atoms with Crippen LogP contribution in [0.5, 0.6) is 11.5 Å². The molecule has 1 aliphatic heterocycles. The van der Waals surface area contributed by atoms with Crippen LogP contribution in [-0.2, 0) is 30.6 Å². The molecule has 13 nitrogen and oxygen atoms in total. The third-order valence-corrected chi connectivity index (χ3v) is 13.9. The number of fused-ring (bicyclic) bond motifs is 1. The maximum Gasteiger partial charge on any atom is 0.416 e. The van der Waals surface area contributed by atoms with Crippen molar-refractivity contribution in [2.24, 2.45) is 5.41 Å². The topological polar surface area (TPSA) is 169 Å². The molecule has 7 rings (SSSR count). The zero-order valence-corrected chi connectivity index (χ0v) is 36.3. The number of alkyl halides is 3. The van der Waals surface area contributed by atoms with Gasteiger partial charge in [0.1, 0.15) is 51.7 Å². The Hall–Kier alpha value is -5.04. The molecular weight excluding hydrogens is 841 g/mol. The Morgan fingerprint density at radius 1 is 1.02 bits per heavy atom. The van der Waals surface area contributed by atoms with Crippen LogP contribution in [0.1, 0.15) is 89.5 Å². The smallest absolute Gasteiger partial charge is 0.416 e. The molecule has 4 aromatic rings. The summed E-state index contributed by atoms with van der Waals surface area (Å²) < 4.78 is 95.5. The summed E-state index contributed by atoms with van der Waals surface area (Å²) in [5.41, 5.74) is -1.39. The van der Waals surface area contributed by atoms with Gasteiger partial charge in [-0.05, 0) is 74.3 Å². The van der Waals surface area contributed by atoms with Crippen molar-refractivity contribution in [2.45, 2.75) is 115 Å². The van der Waals surface area contributed by atoms with E-state index in [0.29, 0.717) is 58.1 Å². The van der Waals surface area contributed by atoms with E-state index in [4.69, 9.17) is 19.4 Å². The largest absolute Gasteiger partial charge is 0.496 e. The zero-order chi connectivity index (χ0) is 44.4.